The monoisotopic (exact) mass is 320 g/mol. The second-order valence-electron chi connectivity index (χ2n) is 6.03. The molecule has 1 fully saturated rings. The van der Waals surface area contributed by atoms with Gasteiger partial charge in [-0.2, -0.15) is 0 Å². The van der Waals surface area contributed by atoms with Gasteiger partial charge in [0.15, 0.2) is 0 Å². The lowest BCUT2D eigenvalue weighted by atomic mass is 9.97. The number of phenolic OH excluding ortho intramolecular Hbond substituents is 1. The lowest BCUT2D eigenvalue weighted by Crippen LogP contribution is -2.30. The predicted molar refractivity (Wildman–Crippen MR) is 90.9 cm³/mol. The molecule has 1 aromatic heterocycles. The van der Waals surface area contributed by atoms with Crippen LogP contribution in [0.3, 0.4) is 0 Å². The van der Waals surface area contributed by atoms with E-state index in [9.17, 15) is 14.7 Å². The molecular weight excluding hydrogens is 304 g/mol. The fourth-order valence-electron chi connectivity index (χ4n) is 3.43. The molecule has 1 atom stereocenters. The van der Waals surface area contributed by atoms with E-state index in [4.69, 9.17) is 0 Å². The third kappa shape index (κ3) is 2.01. The van der Waals surface area contributed by atoms with Crippen LogP contribution in [-0.4, -0.2) is 21.5 Å². The summed E-state index contributed by atoms with van der Waals surface area (Å²) in [6.07, 6.45) is 2.02. The van der Waals surface area contributed by atoms with Gasteiger partial charge in [-0.15, -0.1) is 0 Å². The largest absolute Gasteiger partial charge is 0.506 e. The highest BCUT2D eigenvalue weighted by Crippen LogP contribution is 2.39. The first kappa shape index (κ1) is 14.5. The smallest absolute Gasteiger partial charge is 0.242 e. The van der Waals surface area contributed by atoms with E-state index in [0.29, 0.717) is 0 Å². The summed E-state index contributed by atoms with van der Waals surface area (Å²) in [6, 6.07) is 14.2. The average molecular weight is 320 g/mol. The zero-order chi connectivity index (χ0) is 16.8. The van der Waals surface area contributed by atoms with Gasteiger partial charge in [0.05, 0.1) is 11.6 Å². The van der Waals surface area contributed by atoms with Crippen LogP contribution in [-0.2, 0) is 16.6 Å². The Hall–Kier alpha value is -3.08. The van der Waals surface area contributed by atoms with Crippen molar-refractivity contribution in [3.05, 3.63) is 60.3 Å². The van der Waals surface area contributed by atoms with Gasteiger partial charge in [-0.05, 0) is 23.8 Å². The number of hydrogen-bond acceptors (Lipinski definition) is 3. The lowest BCUT2D eigenvalue weighted by molar-refractivity contribution is -0.121. The lowest BCUT2D eigenvalue weighted by Gasteiger charge is -2.16. The van der Waals surface area contributed by atoms with Crippen molar-refractivity contribution < 1.29 is 14.7 Å². The predicted octanol–water partition coefficient (Wildman–Crippen LogP) is 2.93. The standard InChI is InChI=1S/C19H16N2O3/c1-20-11-14(12-6-2-3-7-15(12)20)13-10-18(23)21(19(13)24)16-8-4-5-9-17(16)22/h2-9,11,13,22H,10H2,1H3/t13-/m0/s1. The first-order valence-corrected chi connectivity index (χ1v) is 7.76. The molecular formula is C19H16N2O3. The zero-order valence-electron chi connectivity index (χ0n) is 13.1. The van der Waals surface area contributed by atoms with Gasteiger partial charge >= 0.3 is 0 Å². The SMILES string of the molecule is Cn1cc([C@@H]2CC(=O)N(c3ccccc3O)C2=O)c2ccccc21. The Morgan fingerprint density at radius 1 is 1.04 bits per heavy atom. The number of carbonyl (C=O) groups excluding carboxylic acids is 2. The van der Waals surface area contributed by atoms with Gasteiger partial charge in [-0.1, -0.05) is 30.3 Å². The molecule has 0 aliphatic carbocycles. The van der Waals surface area contributed by atoms with E-state index >= 15 is 0 Å². The van der Waals surface area contributed by atoms with E-state index in [1.165, 1.54) is 6.07 Å². The van der Waals surface area contributed by atoms with E-state index in [1.807, 2.05) is 42.1 Å². The molecule has 1 N–H and O–H groups in total. The minimum absolute atomic E-state index is 0.0715. The first-order chi connectivity index (χ1) is 11.6. The number of phenols is 1. The number of nitrogens with zero attached hydrogens (tertiary/aromatic N) is 2. The number of fused-ring (bicyclic) bond motifs is 1. The summed E-state index contributed by atoms with van der Waals surface area (Å²) < 4.78 is 1.96. The summed E-state index contributed by atoms with van der Waals surface area (Å²) in [5.74, 6) is -1.18. The highest BCUT2D eigenvalue weighted by molar-refractivity contribution is 6.24. The third-order valence-electron chi connectivity index (χ3n) is 4.57. The Morgan fingerprint density at radius 2 is 1.75 bits per heavy atom. The quantitative estimate of drug-likeness (QED) is 0.739. The first-order valence-electron chi connectivity index (χ1n) is 7.76. The summed E-state index contributed by atoms with van der Waals surface area (Å²) >= 11 is 0. The number of benzene rings is 2. The van der Waals surface area contributed by atoms with Crippen LogP contribution in [0.2, 0.25) is 0 Å². The number of imide groups is 1. The van der Waals surface area contributed by atoms with Gasteiger partial charge in [-0.3, -0.25) is 9.59 Å². The van der Waals surface area contributed by atoms with Gasteiger partial charge < -0.3 is 9.67 Å². The molecule has 3 aromatic rings. The Morgan fingerprint density at radius 3 is 2.54 bits per heavy atom. The molecule has 1 aliphatic rings. The molecule has 0 unspecified atom stereocenters. The zero-order valence-corrected chi connectivity index (χ0v) is 13.1. The van der Waals surface area contributed by atoms with Crippen LogP contribution in [0.1, 0.15) is 17.9 Å². The maximum absolute atomic E-state index is 12.9. The normalized spacial score (nSPS) is 17.9. The summed E-state index contributed by atoms with van der Waals surface area (Å²) in [7, 11) is 1.92. The van der Waals surface area contributed by atoms with Crippen LogP contribution in [0, 0.1) is 0 Å². The van der Waals surface area contributed by atoms with E-state index in [2.05, 4.69) is 0 Å². The number of anilines is 1. The van der Waals surface area contributed by atoms with Gasteiger partial charge in [0.25, 0.3) is 0 Å². The topological polar surface area (TPSA) is 62.5 Å². The van der Waals surface area contributed by atoms with Crippen molar-refractivity contribution in [1.82, 2.24) is 4.57 Å². The molecule has 0 bridgehead atoms. The Labute approximate surface area is 138 Å². The minimum atomic E-state index is -0.525. The van der Waals surface area contributed by atoms with Crippen LogP contribution in [0.15, 0.2) is 54.7 Å². The molecule has 2 heterocycles. The van der Waals surface area contributed by atoms with E-state index in [-0.39, 0.29) is 29.7 Å². The number of aryl methyl sites for hydroxylation is 1. The van der Waals surface area contributed by atoms with Crippen molar-refractivity contribution in [1.29, 1.82) is 0 Å². The molecule has 5 heteroatoms. The van der Waals surface area contributed by atoms with Gasteiger partial charge in [-0.25, -0.2) is 4.90 Å². The second kappa shape index (κ2) is 5.23. The van der Waals surface area contributed by atoms with Crippen molar-refractivity contribution in [3.63, 3.8) is 0 Å². The maximum atomic E-state index is 12.9. The Bertz CT molecular complexity index is 974. The number of amides is 2. The van der Waals surface area contributed by atoms with E-state index in [1.54, 1.807) is 18.2 Å². The summed E-state index contributed by atoms with van der Waals surface area (Å²) in [5, 5.41) is 11.0. The van der Waals surface area contributed by atoms with E-state index in [0.717, 1.165) is 21.4 Å². The molecule has 120 valence electrons. The van der Waals surface area contributed by atoms with Gasteiger partial charge in [0, 0.05) is 30.6 Å². The molecule has 0 spiro atoms. The van der Waals surface area contributed by atoms with Gasteiger partial charge in [0.1, 0.15) is 5.75 Å². The molecule has 2 amide bonds. The molecule has 24 heavy (non-hydrogen) atoms. The van der Waals surface area contributed by atoms with Crippen molar-refractivity contribution >= 4 is 28.4 Å². The number of rotatable bonds is 2. The fraction of sp³-hybridized carbons (Fsp3) is 0.158. The third-order valence-corrected chi connectivity index (χ3v) is 4.57. The minimum Gasteiger partial charge on any atom is -0.506 e. The summed E-state index contributed by atoms with van der Waals surface area (Å²) in [5.41, 5.74) is 2.12. The van der Waals surface area contributed by atoms with E-state index < -0.39 is 5.92 Å². The highest BCUT2D eigenvalue weighted by atomic mass is 16.3. The molecule has 0 radical (unpaired) electrons. The highest BCUT2D eigenvalue weighted by Gasteiger charge is 2.42. The summed E-state index contributed by atoms with van der Waals surface area (Å²) in [6.45, 7) is 0. The second-order valence-corrected chi connectivity index (χ2v) is 6.03. The number of hydrogen-bond donors (Lipinski definition) is 1. The van der Waals surface area contributed by atoms with Crippen LogP contribution >= 0.6 is 0 Å². The summed E-state index contributed by atoms with van der Waals surface area (Å²) in [4.78, 5) is 26.5. The number of carbonyl (C=O) groups is 2. The number of para-hydroxylation sites is 3. The molecule has 2 aromatic carbocycles. The molecule has 5 nitrogen and oxygen atoms in total. The van der Waals surface area contributed by atoms with Crippen molar-refractivity contribution in [2.24, 2.45) is 7.05 Å². The Balaban J connectivity index is 1.80. The fourth-order valence-corrected chi connectivity index (χ4v) is 3.43. The molecule has 1 saturated heterocycles. The van der Waals surface area contributed by atoms with Crippen molar-refractivity contribution in [2.45, 2.75) is 12.3 Å². The molecule has 0 saturated carbocycles. The Kier molecular flexibility index (Phi) is 3.16. The number of aromatic hydroxyl groups is 1. The van der Waals surface area contributed by atoms with Crippen molar-refractivity contribution in [2.75, 3.05) is 4.90 Å². The van der Waals surface area contributed by atoms with Gasteiger partial charge in [0.2, 0.25) is 11.8 Å². The van der Waals surface area contributed by atoms with Crippen LogP contribution < -0.4 is 4.90 Å². The molecule has 1 aliphatic heterocycles. The number of aromatic nitrogens is 1. The molecule has 4 rings (SSSR count). The van der Waals surface area contributed by atoms with Crippen LogP contribution in [0.25, 0.3) is 10.9 Å². The maximum Gasteiger partial charge on any atom is 0.242 e. The van der Waals surface area contributed by atoms with Crippen molar-refractivity contribution in [3.8, 4) is 5.75 Å². The average Bonchev–Trinajstić information content (AvgIpc) is 3.06. The van der Waals surface area contributed by atoms with Crippen LogP contribution in [0.4, 0.5) is 5.69 Å². The van der Waals surface area contributed by atoms with Crippen LogP contribution in [0.5, 0.6) is 5.75 Å².